The molecule has 3 aromatic carbocycles. The third kappa shape index (κ3) is 6.15. The average Bonchev–Trinajstić information content (AvgIpc) is 3.47. The van der Waals surface area contributed by atoms with Gasteiger partial charge in [0, 0.05) is 17.3 Å². The number of rotatable bonds is 4. The number of benzene rings is 3. The fourth-order valence-electron chi connectivity index (χ4n) is 3.70. The van der Waals surface area contributed by atoms with Gasteiger partial charge in [0.2, 0.25) is 9.84 Å². The molecule has 200 valence electrons. The van der Waals surface area contributed by atoms with Gasteiger partial charge in [-0.15, -0.1) is 12.4 Å². The second-order valence-electron chi connectivity index (χ2n) is 7.87. The van der Waals surface area contributed by atoms with Crippen molar-refractivity contribution in [2.24, 2.45) is 0 Å². The number of fused-ring (bicyclic) bond motifs is 2. The van der Waals surface area contributed by atoms with Gasteiger partial charge in [0.25, 0.3) is 0 Å². The number of ether oxygens (including phenoxy) is 1. The standard InChI is InChI=1S/C21H19N3O3S.CHF3O3S.ClH/c25-28(26,20-7-3-5-14-4-1-2-6-17(14)20)21-18-12-15(8-9-19(18)23-24-21)27-16-10-11-22-13-16;2-1(3,4)8(5,6)7;/h1-9,12,16,22H,10-11,13H2,(H,23,24);(H,5,6,7);1H. The predicted octanol–water partition coefficient (Wildman–Crippen LogP) is 4.11. The molecule has 0 bridgehead atoms. The molecule has 4 aromatic rings. The summed E-state index contributed by atoms with van der Waals surface area (Å²) in [6.07, 6.45) is 1.03. The number of nitrogens with zero attached hydrogens (tertiary/aromatic N) is 1. The molecule has 2 heterocycles. The van der Waals surface area contributed by atoms with Gasteiger partial charge >= 0.3 is 15.6 Å². The minimum absolute atomic E-state index is 0. The van der Waals surface area contributed by atoms with Crippen molar-refractivity contribution >= 4 is 54.0 Å². The molecular formula is C22H21ClF3N3O6S2. The van der Waals surface area contributed by atoms with Gasteiger partial charge in [-0.05, 0) is 42.6 Å². The summed E-state index contributed by atoms with van der Waals surface area (Å²) in [6, 6.07) is 18.1. The molecule has 1 unspecified atom stereocenters. The zero-order valence-corrected chi connectivity index (χ0v) is 21.2. The minimum atomic E-state index is -5.84. The molecule has 1 fully saturated rings. The summed E-state index contributed by atoms with van der Waals surface area (Å²) >= 11 is 0. The maximum Gasteiger partial charge on any atom is 0.522 e. The van der Waals surface area contributed by atoms with E-state index in [2.05, 4.69) is 15.5 Å². The fraction of sp³-hybridized carbons (Fsp3) is 0.227. The molecule has 9 nitrogen and oxygen atoms in total. The third-order valence-corrected chi connectivity index (χ3v) is 7.74. The highest BCUT2D eigenvalue weighted by atomic mass is 35.5. The Morgan fingerprint density at radius 1 is 0.973 bits per heavy atom. The van der Waals surface area contributed by atoms with E-state index in [0.717, 1.165) is 24.9 Å². The number of alkyl halides is 3. The van der Waals surface area contributed by atoms with Gasteiger partial charge < -0.3 is 10.1 Å². The molecule has 37 heavy (non-hydrogen) atoms. The van der Waals surface area contributed by atoms with E-state index in [1.165, 1.54) is 0 Å². The van der Waals surface area contributed by atoms with Crippen LogP contribution in [0.2, 0.25) is 0 Å². The number of hydrogen-bond acceptors (Lipinski definition) is 7. The van der Waals surface area contributed by atoms with Crippen LogP contribution in [-0.4, -0.2) is 56.3 Å². The van der Waals surface area contributed by atoms with Gasteiger partial charge in [0.05, 0.1) is 10.4 Å². The summed E-state index contributed by atoms with van der Waals surface area (Å²) in [6.45, 7) is 1.73. The van der Waals surface area contributed by atoms with Crippen molar-refractivity contribution < 1.29 is 39.3 Å². The summed E-state index contributed by atoms with van der Waals surface area (Å²) in [5, 5.41) is 12.4. The van der Waals surface area contributed by atoms with Crippen molar-refractivity contribution in [1.82, 2.24) is 15.5 Å². The molecule has 0 saturated carbocycles. The Kier molecular flexibility index (Phi) is 8.39. The van der Waals surface area contributed by atoms with Crippen LogP contribution in [0.25, 0.3) is 21.7 Å². The summed E-state index contributed by atoms with van der Waals surface area (Å²) in [4.78, 5) is 0.255. The van der Waals surface area contributed by atoms with E-state index in [1.54, 1.807) is 18.2 Å². The van der Waals surface area contributed by atoms with E-state index in [9.17, 15) is 21.6 Å². The van der Waals surface area contributed by atoms with Crippen LogP contribution in [0.4, 0.5) is 13.2 Å². The summed E-state index contributed by atoms with van der Waals surface area (Å²) in [7, 11) is -9.64. The number of aromatic amines is 1. The lowest BCUT2D eigenvalue weighted by Gasteiger charge is -2.12. The van der Waals surface area contributed by atoms with Crippen LogP contribution in [0, 0.1) is 0 Å². The molecule has 5 rings (SSSR count). The van der Waals surface area contributed by atoms with E-state index in [-0.39, 0.29) is 28.4 Å². The molecule has 1 aromatic heterocycles. The average molecular weight is 580 g/mol. The second kappa shape index (κ2) is 10.8. The van der Waals surface area contributed by atoms with Crippen molar-refractivity contribution in [2.75, 3.05) is 13.1 Å². The zero-order chi connectivity index (χ0) is 26.1. The van der Waals surface area contributed by atoms with Crippen LogP contribution in [0.3, 0.4) is 0 Å². The highest BCUT2D eigenvalue weighted by molar-refractivity contribution is 7.91. The molecule has 15 heteroatoms. The molecule has 1 atom stereocenters. The van der Waals surface area contributed by atoms with E-state index < -0.39 is 25.5 Å². The van der Waals surface area contributed by atoms with Crippen LogP contribution < -0.4 is 10.1 Å². The molecule has 0 radical (unpaired) electrons. The molecule has 1 saturated heterocycles. The quantitative estimate of drug-likeness (QED) is 0.243. The zero-order valence-electron chi connectivity index (χ0n) is 18.8. The smallest absolute Gasteiger partial charge is 0.489 e. The largest absolute Gasteiger partial charge is 0.522 e. The number of nitrogens with one attached hydrogen (secondary N) is 2. The first-order valence-electron chi connectivity index (χ1n) is 10.5. The van der Waals surface area contributed by atoms with Crippen LogP contribution >= 0.6 is 12.4 Å². The van der Waals surface area contributed by atoms with Crippen LogP contribution in [0.1, 0.15) is 6.42 Å². The Labute approximate surface area is 216 Å². The summed E-state index contributed by atoms with van der Waals surface area (Å²) < 4.78 is 90.4. The van der Waals surface area contributed by atoms with Gasteiger partial charge in [-0.1, -0.05) is 36.4 Å². The van der Waals surface area contributed by atoms with Crippen LogP contribution in [0.5, 0.6) is 5.75 Å². The molecule has 0 spiro atoms. The van der Waals surface area contributed by atoms with Gasteiger partial charge in [-0.3, -0.25) is 9.65 Å². The molecule has 1 aliphatic rings. The number of hydrogen-bond donors (Lipinski definition) is 3. The van der Waals surface area contributed by atoms with E-state index in [1.807, 2.05) is 42.5 Å². The number of sulfone groups is 1. The maximum absolute atomic E-state index is 13.4. The Bertz CT molecular complexity index is 1610. The topological polar surface area (TPSA) is 138 Å². The highest BCUT2D eigenvalue weighted by Gasteiger charge is 2.44. The van der Waals surface area contributed by atoms with E-state index >= 15 is 0 Å². The second-order valence-corrected chi connectivity index (χ2v) is 11.1. The monoisotopic (exact) mass is 579 g/mol. The lowest BCUT2D eigenvalue weighted by Crippen LogP contribution is -2.21. The van der Waals surface area contributed by atoms with E-state index in [0.29, 0.717) is 22.0 Å². The SMILES string of the molecule is Cl.O=S(=O)(O)C(F)(F)F.O=S(=O)(c1cccc2ccccc12)c1n[nH]c2ccc(OC3CCNC3)cc12. The van der Waals surface area contributed by atoms with Gasteiger partial charge in [0.1, 0.15) is 11.9 Å². The molecule has 3 N–H and O–H groups in total. The predicted molar refractivity (Wildman–Crippen MR) is 132 cm³/mol. The number of aromatic nitrogens is 2. The van der Waals surface area contributed by atoms with Crippen molar-refractivity contribution in [3.8, 4) is 5.75 Å². The molecular weight excluding hydrogens is 559 g/mol. The Balaban J connectivity index is 0.000000370. The van der Waals surface area contributed by atoms with Gasteiger partial charge in [-0.25, -0.2) is 8.42 Å². The van der Waals surface area contributed by atoms with Crippen molar-refractivity contribution in [1.29, 1.82) is 0 Å². The van der Waals surface area contributed by atoms with Gasteiger partial charge in [0.15, 0.2) is 5.03 Å². The van der Waals surface area contributed by atoms with Crippen LogP contribution in [0.15, 0.2) is 70.6 Å². The van der Waals surface area contributed by atoms with Crippen molar-refractivity contribution in [3.63, 3.8) is 0 Å². The molecule has 1 aliphatic heterocycles. The van der Waals surface area contributed by atoms with Crippen LogP contribution in [-0.2, 0) is 20.0 Å². The lowest BCUT2D eigenvalue weighted by atomic mass is 10.1. The Morgan fingerprint density at radius 3 is 2.30 bits per heavy atom. The molecule has 0 aliphatic carbocycles. The molecule has 0 amide bonds. The lowest BCUT2D eigenvalue weighted by molar-refractivity contribution is -0.0510. The van der Waals surface area contributed by atoms with Gasteiger partial charge in [-0.2, -0.15) is 26.7 Å². The fourth-order valence-corrected chi connectivity index (χ4v) is 5.27. The first-order valence-corrected chi connectivity index (χ1v) is 13.4. The third-order valence-electron chi connectivity index (χ3n) is 5.40. The normalized spacial score (nSPS) is 16.2. The van der Waals surface area contributed by atoms with E-state index in [4.69, 9.17) is 17.7 Å². The Hall–Kier alpha value is -2.91. The number of H-pyrrole nitrogens is 1. The Morgan fingerprint density at radius 2 is 1.65 bits per heavy atom. The maximum atomic E-state index is 13.4. The highest BCUT2D eigenvalue weighted by Crippen LogP contribution is 2.32. The number of halogens is 4. The van der Waals surface area contributed by atoms with Crippen molar-refractivity contribution in [3.05, 3.63) is 60.7 Å². The summed E-state index contributed by atoms with van der Waals surface area (Å²) in [5.74, 6) is 0.650. The minimum Gasteiger partial charge on any atom is -0.489 e. The van der Waals surface area contributed by atoms with Crippen molar-refractivity contribution in [2.45, 2.75) is 28.0 Å². The summed E-state index contributed by atoms with van der Waals surface area (Å²) in [5.41, 5.74) is -4.87. The first kappa shape index (κ1) is 28.7. The first-order chi connectivity index (χ1) is 16.9.